The van der Waals surface area contributed by atoms with Gasteiger partial charge in [0.2, 0.25) is 0 Å². The van der Waals surface area contributed by atoms with Crippen molar-refractivity contribution < 1.29 is 5.11 Å². The summed E-state index contributed by atoms with van der Waals surface area (Å²) >= 11 is 0. The van der Waals surface area contributed by atoms with Crippen LogP contribution in [-0.2, 0) is 6.54 Å². The summed E-state index contributed by atoms with van der Waals surface area (Å²) in [6, 6.07) is 11.0. The predicted molar refractivity (Wildman–Crippen MR) is 84.1 cm³/mol. The van der Waals surface area contributed by atoms with Crippen LogP contribution < -0.4 is 5.32 Å². The zero-order valence-electron chi connectivity index (χ0n) is 12.3. The highest BCUT2D eigenvalue weighted by Gasteiger charge is 2.23. The summed E-state index contributed by atoms with van der Waals surface area (Å²) in [7, 11) is 0. The van der Waals surface area contributed by atoms with E-state index in [1.165, 1.54) is 31.2 Å². The van der Waals surface area contributed by atoms with Crippen LogP contribution in [0.15, 0.2) is 42.7 Å². The minimum absolute atomic E-state index is 0.116. The van der Waals surface area contributed by atoms with E-state index in [0.717, 1.165) is 11.6 Å². The van der Waals surface area contributed by atoms with Gasteiger partial charge in [-0.3, -0.25) is 4.68 Å². The van der Waals surface area contributed by atoms with E-state index in [9.17, 15) is 0 Å². The Balaban J connectivity index is 1.71. The van der Waals surface area contributed by atoms with Crippen molar-refractivity contribution in [3.05, 3.63) is 48.3 Å². The number of rotatable bonds is 7. The number of nitrogens with zero attached hydrogens (tertiary/aromatic N) is 2. The molecule has 0 amide bonds. The van der Waals surface area contributed by atoms with E-state index in [2.05, 4.69) is 40.7 Å². The second-order valence-electron chi connectivity index (χ2n) is 5.86. The molecule has 2 N–H and O–H groups in total. The molecule has 0 radical (unpaired) electrons. The smallest absolute Gasteiger partial charge is 0.0731 e. The van der Waals surface area contributed by atoms with Crippen molar-refractivity contribution in [1.29, 1.82) is 0 Å². The van der Waals surface area contributed by atoms with Crippen molar-refractivity contribution in [2.75, 3.05) is 11.9 Å². The highest BCUT2D eigenvalue weighted by atomic mass is 16.3. The number of aliphatic hydroxyl groups excluding tert-OH is 1. The standard InChI is InChI=1S/C17H23N3O/c21-10-9-20-13-16(12-18-20)19-17(11-14-5-4-6-14)15-7-2-1-3-8-15/h1-3,7-8,12-14,17,19,21H,4-6,9-11H2. The molecule has 1 fully saturated rings. The average Bonchev–Trinajstić information content (AvgIpc) is 2.90. The third-order valence-corrected chi connectivity index (χ3v) is 4.30. The quantitative estimate of drug-likeness (QED) is 0.821. The minimum atomic E-state index is 0.116. The van der Waals surface area contributed by atoms with E-state index < -0.39 is 0 Å². The summed E-state index contributed by atoms with van der Waals surface area (Å²) in [4.78, 5) is 0. The molecule has 0 aliphatic heterocycles. The fourth-order valence-corrected chi connectivity index (χ4v) is 2.89. The Morgan fingerprint density at radius 3 is 2.76 bits per heavy atom. The zero-order chi connectivity index (χ0) is 14.5. The third kappa shape index (κ3) is 3.64. The van der Waals surface area contributed by atoms with Gasteiger partial charge in [0.25, 0.3) is 0 Å². The Bertz CT molecular complexity index is 548. The first-order valence-corrected chi connectivity index (χ1v) is 7.80. The van der Waals surface area contributed by atoms with Crippen LogP contribution in [0.4, 0.5) is 5.69 Å². The van der Waals surface area contributed by atoms with Gasteiger partial charge in [0.05, 0.1) is 31.1 Å². The largest absolute Gasteiger partial charge is 0.394 e. The van der Waals surface area contributed by atoms with Gasteiger partial charge >= 0.3 is 0 Å². The second kappa shape index (κ2) is 6.76. The molecule has 1 atom stereocenters. The SMILES string of the molecule is OCCn1cc(NC(CC2CCC2)c2ccccc2)cn1. The van der Waals surface area contributed by atoms with Crippen molar-refractivity contribution in [3.63, 3.8) is 0 Å². The van der Waals surface area contributed by atoms with Gasteiger partial charge < -0.3 is 10.4 Å². The molecule has 1 aliphatic carbocycles. The van der Waals surface area contributed by atoms with Gasteiger partial charge in [-0.1, -0.05) is 49.6 Å². The Hall–Kier alpha value is -1.81. The summed E-state index contributed by atoms with van der Waals surface area (Å²) in [5, 5.41) is 16.8. The molecule has 1 aliphatic rings. The molecular formula is C17H23N3O. The second-order valence-corrected chi connectivity index (χ2v) is 5.86. The highest BCUT2D eigenvalue weighted by molar-refractivity contribution is 5.41. The molecule has 1 saturated carbocycles. The molecule has 1 aromatic carbocycles. The first-order valence-electron chi connectivity index (χ1n) is 7.80. The van der Waals surface area contributed by atoms with E-state index in [0.29, 0.717) is 12.6 Å². The summed E-state index contributed by atoms with van der Waals surface area (Å²) < 4.78 is 1.77. The van der Waals surface area contributed by atoms with Gasteiger partial charge in [-0.05, 0) is 17.9 Å². The number of aromatic nitrogens is 2. The lowest BCUT2D eigenvalue weighted by Crippen LogP contribution is -2.19. The number of hydrogen-bond donors (Lipinski definition) is 2. The fourth-order valence-electron chi connectivity index (χ4n) is 2.89. The molecule has 4 nitrogen and oxygen atoms in total. The Kier molecular flexibility index (Phi) is 4.55. The molecule has 4 heteroatoms. The van der Waals surface area contributed by atoms with Crippen LogP contribution in [0, 0.1) is 5.92 Å². The summed E-state index contributed by atoms with van der Waals surface area (Å²) in [6.07, 6.45) is 9.07. The summed E-state index contributed by atoms with van der Waals surface area (Å²) in [5.74, 6) is 0.843. The zero-order valence-corrected chi connectivity index (χ0v) is 12.3. The maximum absolute atomic E-state index is 8.97. The van der Waals surface area contributed by atoms with Crippen molar-refractivity contribution >= 4 is 5.69 Å². The minimum Gasteiger partial charge on any atom is -0.394 e. The van der Waals surface area contributed by atoms with E-state index in [1.54, 1.807) is 4.68 Å². The number of hydrogen-bond acceptors (Lipinski definition) is 3. The van der Waals surface area contributed by atoms with E-state index in [1.807, 2.05) is 12.4 Å². The van der Waals surface area contributed by atoms with E-state index in [4.69, 9.17) is 5.11 Å². The maximum atomic E-state index is 8.97. The van der Waals surface area contributed by atoms with Gasteiger partial charge in [-0.15, -0.1) is 0 Å². The monoisotopic (exact) mass is 285 g/mol. The Labute approximate surface area is 125 Å². The van der Waals surface area contributed by atoms with Crippen LogP contribution >= 0.6 is 0 Å². The third-order valence-electron chi connectivity index (χ3n) is 4.30. The van der Waals surface area contributed by atoms with Crippen molar-refractivity contribution in [2.24, 2.45) is 5.92 Å². The average molecular weight is 285 g/mol. The molecule has 3 rings (SSSR count). The molecule has 0 saturated heterocycles. The predicted octanol–water partition coefficient (Wildman–Crippen LogP) is 3.22. The van der Waals surface area contributed by atoms with E-state index >= 15 is 0 Å². The van der Waals surface area contributed by atoms with Crippen LogP contribution in [-0.4, -0.2) is 21.5 Å². The highest BCUT2D eigenvalue weighted by Crippen LogP contribution is 2.36. The van der Waals surface area contributed by atoms with Crippen molar-refractivity contribution in [1.82, 2.24) is 9.78 Å². The van der Waals surface area contributed by atoms with E-state index in [-0.39, 0.29) is 6.61 Å². The van der Waals surface area contributed by atoms with Crippen LogP contribution in [0.2, 0.25) is 0 Å². The van der Waals surface area contributed by atoms with Gasteiger partial charge in [-0.2, -0.15) is 5.10 Å². The lowest BCUT2D eigenvalue weighted by molar-refractivity contribution is 0.269. The van der Waals surface area contributed by atoms with Gasteiger partial charge in [-0.25, -0.2) is 0 Å². The Morgan fingerprint density at radius 2 is 2.10 bits per heavy atom. The fraction of sp³-hybridized carbons (Fsp3) is 0.471. The molecular weight excluding hydrogens is 262 g/mol. The number of aliphatic hydroxyl groups is 1. The molecule has 1 heterocycles. The lowest BCUT2D eigenvalue weighted by atomic mass is 9.79. The molecule has 2 aromatic rings. The molecule has 0 bridgehead atoms. The van der Waals surface area contributed by atoms with Gasteiger partial charge in [0.1, 0.15) is 0 Å². The lowest BCUT2D eigenvalue weighted by Gasteiger charge is -2.30. The van der Waals surface area contributed by atoms with Crippen molar-refractivity contribution in [2.45, 2.75) is 38.3 Å². The van der Waals surface area contributed by atoms with Crippen LogP contribution in [0.1, 0.15) is 37.3 Å². The normalized spacial score (nSPS) is 16.4. The maximum Gasteiger partial charge on any atom is 0.0731 e. The summed E-state index contributed by atoms with van der Waals surface area (Å²) in [5.41, 5.74) is 2.36. The van der Waals surface area contributed by atoms with Gasteiger partial charge in [0, 0.05) is 6.20 Å². The number of anilines is 1. The van der Waals surface area contributed by atoms with Crippen LogP contribution in [0.5, 0.6) is 0 Å². The number of nitrogens with one attached hydrogen (secondary N) is 1. The molecule has 0 spiro atoms. The Morgan fingerprint density at radius 1 is 1.29 bits per heavy atom. The topological polar surface area (TPSA) is 50.1 Å². The van der Waals surface area contributed by atoms with Crippen LogP contribution in [0.3, 0.4) is 0 Å². The summed E-state index contributed by atoms with van der Waals surface area (Å²) in [6.45, 7) is 0.658. The van der Waals surface area contributed by atoms with Gasteiger partial charge in [0.15, 0.2) is 0 Å². The first kappa shape index (κ1) is 14.1. The molecule has 1 unspecified atom stereocenters. The molecule has 112 valence electrons. The van der Waals surface area contributed by atoms with Crippen molar-refractivity contribution in [3.8, 4) is 0 Å². The molecule has 21 heavy (non-hydrogen) atoms. The molecule has 1 aromatic heterocycles. The first-order chi connectivity index (χ1) is 10.3. The number of benzene rings is 1. The van der Waals surface area contributed by atoms with Crippen LogP contribution in [0.25, 0.3) is 0 Å².